The highest BCUT2D eigenvalue weighted by atomic mass is 16.5. The summed E-state index contributed by atoms with van der Waals surface area (Å²) in [6.45, 7) is 0. The molecule has 126 valence electrons. The Bertz CT molecular complexity index is 676. The topological polar surface area (TPSA) is 47.6 Å². The van der Waals surface area contributed by atoms with Crippen molar-refractivity contribution in [1.29, 1.82) is 0 Å². The number of carbonyl (C=O) groups excluding carboxylic acids is 1. The molecule has 1 saturated carbocycles. The lowest BCUT2D eigenvalue weighted by molar-refractivity contribution is -0.115. The van der Waals surface area contributed by atoms with E-state index in [1.165, 1.54) is 12.8 Å². The van der Waals surface area contributed by atoms with Crippen molar-refractivity contribution >= 4 is 11.6 Å². The van der Waals surface area contributed by atoms with Crippen molar-refractivity contribution in [2.24, 2.45) is 0 Å². The summed E-state index contributed by atoms with van der Waals surface area (Å²) in [6, 6.07) is 15.1. The molecule has 0 atom stereocenters. The quantitative estimate of drug-likeness (QED) is 0.866. The molecular weight excluding hydrogens is 302 g/mol. The van der Waals surface area contributed by atoms with E-state index in [1.54, 1.807) is 7.11 Å². The number of benzene rings is 2. The number of para-hydroxylation sites is 1. The van der Waals surface area contributed by atoms with Crippen LogP contribution in [0.3, 0.4) is 0 Å². The van der Waals surface area contributed by atoms with Gasteiger partial charge in [0.25, 0.3) is 0 Å². The van der Waals surface area contributed by atoms with Gasteiger partial charge in [-0.05, 0) is 56.0 Å². The number of nitrogens with one attached hydrogen (secondary N) is 1. The van der Waals surface area contributed by atoms with Gasteiger partial charge in [0.05, 0.1) is 19.6 Å². The smallest absolute Gasteiger partial charge is 0.228 e. The van der Waals surface area contributed by atoms with Crippen LogP contribution in [0.4, 0.5) is 5.69 Å². The van der Waals surface area contributed by atoms with Crippen molar-refractivity contribution < 1.29 is 14.3 Å². The summed E-state index contributed by atoms with van der Waals surface area (Å²) < 4.78 is 11.2. The van der Waals surface area contributed by atoms with Crippen LogP contribution in [0.5, 0.6) is 11.5 Å². The van der Waals surface area contributed by atoms with E-state index >= 15 is 0 Å². The Labute approximate surface area is 142 Å². The minimum Gasteiger partial charge on any atom is -0.496 e. The predicted molar refractivity (Wildman–Crippen MR) is 94.7 cm³/mol. The molecular formula is C20H23NO3. The molecule has 3 rings (SSSR count). The summed E-state index contributed by atoms with van der Waals surface area (Å²) in [5.41, 5.74) is 1.65. The van der Waals surface area contributed by atoms with E-state index in [-0.39, 0.29) is 12.3 Å². The highest BCUT2D eigenvalue weighted by Gasteiger charge is 2.16. The number of methoxy groups -OCH3 is 1. The summed E-state index contributed by atoms with van der Waals surface area (Å²) in [7, 11) is 1.61. The molecule has 0 aromatic heterocycles. The fourth-order valence-electron chi connectivity index (χ4n) is 3.04. The standard InChI is InChI=1S/C20H23NO3/c1-23-19-9-5-2-6-15(19)14-20(22)21-16-10-12-18(13-11-16)24-17-7-3-4-8-17/h2,5-6,9-13,17H,3-4,7-8,14H2,1H3,(H,21,22). The number of rotatable bonds is 6. The highest BCUT2D eigenvalue weighted by molar-refractivity contribution is 5.92. The van der Waals surface area contributed by atoms with Crippen molar-refractivity contribution in [3.05, 3.63) is 54.1 Å². The second-order valence-corrected chi connectivity index (χ2v) is 6.09. The zero-order chi connectivity index (χ0) is 16.8. The summed E-state index contributed by atoms with van der Waals surface area (Å²) in [5.74, 6) is 1.53. The van der Waals surface area contributed by atoms with Crippen LogP contribution in [0.2, 0.25) is 0 Å². The van der Waals surface area contributed by atoms with Crippen LogP contribution in [0.1, 0.15) is 31.2 Å². The zero-order valence-corrected chi connectivity index (χ0v) is 14.0. The number of anilines is 1. The molecule has 4 nitrogen and oxygen atoms in total. The molecule has 1 aliphatic carbocycles. The summed E-state index contributed by atoms with van der Waals surface area (Å²) in [6.07, 6.45) is 5.40. The van der Waals surface area contributed by atoms with Gasteiger partial charge in [-0.2, -0.15) is 0 Å². The first-order chi connectivity index (χ1) is 11.7. The van der Waals surface area contributed by atoms with Crippen molar-refractivity contribution in [2.75, 3.05) is 12.4 Å². The van der Waals surface area contributed by atoms with Crippen LogP contribution in [0.15, 0.2) is 48.5 Å². The van der Waals surface area contributed by atoms with Gasteiger partial charge in [-0.1, -0.05) is 18.2 Å². The van der Waals surface area contributed by atoms with Gasteiger partial charge in [0.15, 0.2) is 0 Å². The Kier molecular flexibility index (Phi) is 5.36. The first kappa shape index (κ1) is 16.4. The molecule has 1 N–H and O–H groups in total. The second kappa shape index (κ2) is 7.86. The summed E-state index contributed by atoms with van der Waals surface area (Å²) in [5, 5.41) is 2.91. The van der Waals surface area contributed by atoms with Gasteiger partial charge in [-0.3, -0.25) is 4.79 Å². The fourth-order valence-corrected chi connectivity index (χ4v) is 3.04. The largest absolute Gasteiger partial charge is 0.496 e. The van der Waals surface area contributed by atoms with Crippen LogP contribution < -0.4 is 14.8 Å². The molecule has 2 aromatic carbocycles. The predicted octanol–water partition coefficient (Wildman–Crippen LogP) is 4.20. The van der Waals surface area contributed by atoms with E-state index < -0.39 is 0 Å². The molecule has 1 aliphatic rings. The van der Waals surface area contributed by atoms with Gasteiger partial charge in [0.2, 0.25) is 5.91 Å². The molecule has 24 heavy (non-hydrogen) atoms. The van der Waals surface area contributed by atoms with E-state index in [4.69, 9.17) is 9.47 Å². The van der Waals surface area contributed by atoms with Crippen LogP contribution in [-0.2, 0) is 11.2 Å². The first-order valence-electron chi connectivity index (χ1n) is 8.43. The van der Waals surface area contributed by atoms with E-state index in [0.717, 1.165) is 35.6 Å². The molecule has 4 heteroatoms. The van der Waals surface area contributed by atoms with Crippen LogP contribution in [0, 0.1) is 0 Å². The fraction of sp³-hybridized carbons (Fsp3) is 0.350. The molecule has 0 radical (unpaired) electrons. The van der Waals surface area contributed by atoms with Gasteiger partial charge in [0.1, 0.15) is 11.5 Å². The maximum absolute atomic E-state index is 12.2. The van der Waals surface area contributed by atoms with E-state index in [2.05, 4.69) is 5.32 Å². The Morgan fingerprint density at radius 2 is 1.79 bits per heavy atom. The number of carbonyl (C=O) groups is 1. The zero-order valence-electron chi connectivity index (χ0n) is 14.0. The molecule has 1 fully saturated rings. The van der Waals surface area contributed by atoms with Gasteiger partial charge in [-0.15, -0.1) is 0 Å². The van der Waals surface area contributed by atoms with Crippen LogP contribution >= 0.6 is 0 Å². The number of ether oxygens (including phenoxy) is 2. The normalized spacial score (nSPS) is 14.4. The Hall–Kier alpha value is -2.49. The van der Waals surface area contributed by atoms with Crippen LogP contribution in [0.25, 0.3) is 0 Å². The van der Waals surface area contributed by atoms with Gasteiger partial charge in [0, 0.05) is 11.3 Å². The van der Waals surface area contributed by atoms with Gasteiger partial charge >= 0.3 is 0 Å². The maximum atomic E-state index is 12.2. The number of amides is 1. The molecule has 1 amide bonds. The van der Waals surface area contributed by atoms with Crippen molar-refractivity contribution in [2.45, 2.75) is 38.2 Å². The summed E-state index contributed by atoms with van der Waals surface area (Å²) in [4.78, 5) is 12.2. The molecule has 2 aromatic rings. The third kappa shape index (κ3) is 4.28. The minimum absolute atomic E-state index is 0.0658. The first-order valence-corrected chi connectivity index (χ1v) is 8.43. The SMILES string of the molecule is COc1ccccc1CC(=O)Nc1ccc(OC2CCCC2)cc1. The third-order valence-electron chi connectivity index (χ3n) is 4.29. The van der Waals surface area contributed by atoms with Crippen molar-refractivity contribution in [3.8, 4) is 11.5 Å². The van der Waals surface area contributed by atoms with E-state index in [0.29, 0.717) is 6.10 Å². The highest BCUT2D eigenvalue weighted by Crippen LogP contribution is 2.25. The van der Waals surface area contributed by atoms with Gasteiger partial charge in [-0.25, -0.2) is 0 Å². The monoisotopic (exact) mass is 325 g/mol. The molecule has 0 bridgehead atoms. The molecule has 0 spiro atoms. The average Bonchev–Trinajstić information content (AvgIpc) is 3.10. The minimum atomic E-state index is -0.0658. The number of hydrogen-bond donors (Lipinski definition) is 1. The van der Waals surface area contributed by atoms with Crippen LogP contribution in [-0.4, -0.2) is 19.1 Å². The Balaban J connectivity index is 1.56. The lowest BCUT2D eigenvalue weighted by Gasteiger charge is -2.13. The van der Waals surface area contributed by atoms with Crippen molar-refractivity contribution in [1.82, 2.24) is 0 Å². The van der Waals surface area contributed by atoms with Gasteiger partial charge < -0.3 is 14.8 Å². The van der Waals surface area contributed by atoms with E-state index in [1.807, 2.05) is 48.5 Å². The third-order valence-corrected chi connectivity index (χ3v) is 4.29. The maximum Gasteiger partial charge on any atom is 0.228 e. The molecule has 0 saturated heterocycles. The molecule has 0 aliphatic heterocycles. The number of hydrogen-bond acceptors (Lipinski definition) is 3. The molecule has 0 heterocycles. The Morgan fingerprint density at radius 1 is 1.08 bits per heavy atom. The Morgan fingerprint density at radius 3 is 2.50 bits per heavy atom. The van der Waals surface area contributed by atoms with Crippen molar-refractivity contribution in [3.63, 3.8) is 0 Å². The second-order valence-electron chi connectivity index (χ2n) is 6.09. The summed E-state index contributed by atoms with van der Waals surface area (Å²) >= 11 is 0. The molecule has 0 unspecified atom stereocenters. The van der Waals surface area contributed by atoms with E-state index in [9.17, 15) is 4.79 Å². The lowest BCUT2D eigenvalue weighted by Crippen LogP contribution is -2.15. The average molecular weight is 325 g/mol. The lowest BCUT2D eigenvalue weighted by atomic mass is 10.1.